The molecular formula is C48H28N2S2. The van der Waals surface area contributed by atoms with Crippen molar-refractivity contribution in [3.63, 3.8) is 0 Å². The van der Waals surface area contributed by atoms with Crippen molar-refractivity contribution in [1.82, 2.24) is 9.13 Å². The summed E-state index contributed by atoms with van der Waals surface area (Å²) in [5.41, 5.74) is 9.82. The second-order valence-electron chi connectivity index (χ2n) is 13.7. The van der Waals surface area contributed by atoms with Crippen molar-refractivity contribution in [2.24, 2.45) is 0 Å². The lowest BCUT2D eigenvalue weighted by Crippen LogP contribution is -1.98. The van der Waals surface area contributed by atoms with Gasteiger partial charge in [0.05, 0.1) is 22.1 Å². The summed E-state index contributed by atoms with van der Waals surface area (Å²) in [5.74, 6) is 0. The number of hydrogen-bond acceptors (Lipinski definition) is 2. The van der Waals surface area contributed by atoms with E-state index in [0.717, 1.165) is 0 Å². The zero-order chi connectivity index (χ0) is 33.9. The van der Waals surface area contributed by atoms with E-state index in [9.17, 15) is 0 Å². The van der Waals surface area contributed by atoms with E-state index in [1.165, 1.54) is 106 Å². The van der Waals surface area contributed by atoms with Gasteiger partial charge in [-0.3, -0.25) is 0 Å². The summed E-state index contributed by atoms with van der Waals surface area (Å²) < 4.78 is 10.3. The molecule has 0 fully saturated rings. The van der Waals surface area contributed by atoms with Gasteiger partial charge in [0, 0.05) is 73.3 Å². The molecule has 242 valence electrons. The van der Waals surface area contributed by atoms with Gasteiger partial charge in [0.15, 0.2) is 0 Å². The summed E-state index contributed by atoms with van der Waals surface area (Å²) in [7, 11) is 0. The van der Waals surface area contributed by atoms with Crippen molar-refractivity contribution < 1.29 is 0 Å². The summed E-state index contributed by atoms with van der Waals surface area (Å²) in [6.07, 6.45) is 0. The lowest BCUT2D eigenvalue weighted by Gasteiger charge is -2.12. The maximum Gasteiger partial charge on any atom is 0.0788 e. The average Bonchev–Trinajstić information content (AvgIpc) is 3.95. The van der Waals surface area contributed by atoms with E-state index in [0.29, 0.717) is 0 Å². The molecule has 0 N–H and O–H groups in total. The summed E-state index contributed by atoms with van der Waals surface area (Å²) in [5, 5.41) is 10.3. The standard InChI is InChI=1S/C48H28N2S2/c1-2-11-30(12-3-1)49-41-18-7-4-13-33(41)37-24-25-38-34-14-5-8-19-42(34)50(47(38)46(37)49)31-22-26-44-40(28-31)36-23-21-29(27-45(36)51-44)32-16-10-17-39-35-15-6-9-20-43(35)52-48(32)39/h1-28H. The van der Waals surface area contributed by atoms with Crippen LogP contribution in [0, 0.1) is 0 Å². The molecule has 52 heavy (non-hydrogen) atoms. The minimum atomic E-state index is 1.17. The molecule has 0 spiro atoms. The van der Waals surface area contributed by atoms with E-state index in [2.05, 4.69) is 179 Å². The van der Waals surface area contributed by atoms with Crippen LogP contribution in [0.2, 0.25) is 0 Å². The molecule has 4 aromatic heterocycles. The highest BCUT2D eigenvalue weighted by Gasteiger charge is 2.21. The van der Waals surface area contributed by atoms with Crippen LogP contribution in [0.1, 0.15) is 0 Å². The highest BCUT2D eigenvalue weighted by atomic mass is 32.1. The van der Waals surface area contributed by atoms with Gasteiger partial charge in [-0.15, -0.1) is 22.7 Å². The fourth-order valence-corrected chi connectivity index (χ4v) is 11.0. The van der Waals surface area contributed by atoms with Gasteiger partial charge in [-0.25, -0.2) is 0 Å². The van der Waals surface area contributed by atoms with Crippen LogP contribution in [0.5, 0.6) is 0 Å². The van der Waals surface area contributed by atoms with E-state index < -0.39 is 0 Å². The van der Waals surface area contributed by atoms with Gasteiger partial charge in [0.2, 0.25) is 0 Å². The van der Waals surface area contributed by atoms with E-state index in [1.807, 2.05) is 22.7 Å². The third-order valence-corrected chi connectivity index (χ3v) is 13.3. The number of thiophene rings is 2. The number of fused-ring (bicyclic) bond motifs is 13. The first kappa shape index (κ1) is 28.5. The first-order valence-corrected chi connectivity index (χ1v) is 19.3. The highest BCUT2D eigenvalue weighted by Crippen LogP contribution is 2.45. The van der Waals surface area contributed by atoms with Crippen LogP contribution < -0.4 is 0 Å². The Bertz CT molecular complexity index is 3410. The number of hydrogen-bond donors (Lipinski definition) is 0. The molecule has 0 amide bonds. The maximum absolute atomic E-state index is 2.50. The monoisotopic (exact) mass is 696 g/mol. The van der Waals surface area contributed by atoms with Crippen LogP contribution in [0.4, 0.5) is 0 Å². The summed E-state index contributed by atoms with van der Waals surface area (Å²) in [6.45, 7) is 0. The molecule has 0 radical (unpaired) electrons. The van der Waals surface area contributed by atoms with Crippen molar-refractivity contribution >= 4 is 107 Å². The molecule has 0 aliphatic carbocycles. The maximum atomic E-state index is 2.50. The highest BCUT2D eigenvalue weighted by molar-refractivity contribution is 7.26. The normalized spacial score (nSPS) is 12.2. The topological polar surface area (TPSA) is 9.86 Å². The van der Waals surface area contributed by atoms with Crippen molar-refractivity contribution in [3.8, 4) is 22.5 Å². The molecule has 8 aromatic carbocycles. The number of rotatable bonds is 3. The van der Waals surface area contributed by atoms with Gasteiger partial charge in [0.1, 0.15) is 0 Å². The molecule has 4 heteroatoms. The quantitative estimate of drug-likeness (QED) is 0.174. The zero-order valence-electron chi connectivity index (χ0n) is 27.9. The van der Waals surface area contributed by atoms with E-state index in [1.54, 1.807) is 0 Å². The molecule has 4 heterocycles. The number of aromatic nitrogens is 2. The summed E-state index contributed by atoms with van der Waals surface area (Å²) in [6, 6.07) is 62.8. The lowest BCUT2D eigenvalue weighted by atomic mass is 10.0. The second-order valence-corrected chi connectivity index (χ2v) is 15.8. The van der Waals surface area contributed by atoms with Crippen molar-refractivity contribution in [2.75, 3.05) is 0 Å². The first-order chi connectivity index (χ1) is 25.8. The fourth-order valence-electron chi connectivity index (χ4n) is 8.66. The number of nitrogens with zero attached hydrogens (tertiary/aromatic N) is 2. The van der Waals surface area contributed by atoms with Crippen LogP contribution in [0.25, 0.3) is 106 Å². The Labute approximate surface area is 306 Å². The summed E-state index contributed by atoms with van der Waals surface area (Å²) >= 11 is 3.79. The number of para-hydroxylation sites is 3. The van der Waals surface area contributed by atoms with Gasteiger partial charge in [-0.05, 0) is 65.7 Å². The smallest absolute Gasteiger partial charge is 0.0788 e. The van der Waals surface area contributed by atoms with Crippen LogP contribution >= 0.6 is 22.7 Å². The molecule has 12 aromatic rings. The van der Waals surface area contributed by atoms with Crippen molar-refractivity contribution in [1.29, 1.82) is 0 Å². The van der Waals surface area contributed by atoms with E-state index in [-0.39, 0.29) is 0 Å². The number of benzene rings is 8. The molecule has 0 aliphatic heterocycles. The Hall–Kier alpha value is -6.20. The van der Waals surface area contributed by atoms with Gasteiger partial charge >= 0.3 is 0 Å². The Morgan fingerprint density at radius 2 is 0.923 bits per heavy atom. The SMILES string of the molecule is c1ccc(-n2c3ccccc3c3ccc4c5ccccc5n(-c5ccc6sc7cc(-c8cccc9c8sc8ccccc89)ccc7c6c5)c4c32)cc1. The summed E-state index contributed by atoms with van der Waals surface area (Å²) in [4.78, 5) is 0. The van der Waals surface area contributed by atoms with Gasteiger partial charge in [-0.2, -0.15) is 0 Å². The Morgan fingerprint density at radius 3 is 1.69 bits per heavy atom. The molecule has 0 aliphatic rings. The third-order valence-electron chi connectivity index (χ3n) is 10.9. The van der Waals surface area contributed by atoms with Gasteiger partial charge in [0.25, 0.3) is 0 Å². The molecule has 0 atom stereocenters. The molecule has 0 bridgehead atoms. The largest absolute Gasteiger partial charge is 0.307 e. The zero-order valence-corrected chi connectivity index (χ0v) is 29.5. The lowest BCUT2D eigenvalue weighted by molar-refractivity contribution is 1.15. The Morgan fingerprint density at radius 1 is 0.327 bits per heavy atom. The molecule has 0 saturated heterocycles. The fraction of sp³-hybridized carbons (Fsp3) is 0. The minimum absolute atomic E-state index is 1.17. The van der Waals surface area contributed by atoms with E-state index in [4.69, 9.17) is 0 Å². The van der Waals surface area contributed by atoms with E-state index >= 15 is 0 Å². The van der Waals surface area contributed by atoms with Gasteiger partial charge < -0.3 is 9.13 Å². The van der Waals surface area contributed by atoms with Gasteiger partial charge in [-0.1, -0.05) is 115 Å². The molecule has 0 unspecified atom stereocenters. The van der Waals surface area contributed by atoms with Crippen LogP contribution in [-0.4, -0.2) is 9.13 Å². The predicted molar refractivity (Wildman–Crippen MR) is 226 cm³/mol. The second kappa shape index (κ2) is 10.7. The predicted octanol–water partition coefficient (Wildman–Crippen LogP) is 14.3. The van der Waals surface area contributed by atoms with Crippen molar-refractivity contribution in [2.45, 2.75) is 0 Å². The minimum Gasteiger partial charge on any atom is -0.307 e. The Kier molecular flexibility index (Phi) is 5.84. The molecule has 2 nitrogen and oxygen atoms in total. The molecule has 0 saturated carbocycles. The molecule has 12 rings (SSSR count). The molecular weight excluding hydrogens is 669 g/mol. The van der Waals surface area contributed by atoms with Crippen molar-refractivity contribution in [3.05, 3.63) is 170 Å². The Balaban J connectivity index is 1.12. The van der Waals surface area contributed by atoms with Crippen LogP contribution in [-0.2, 0) is 0 Å². The van der Waals surface area contributed by atoms with Crippen LogP contribution in [0.3, 0.4) is 0 Å². The average molecular weight is 697 g/mol. The van der Waals surface area contributed by atoms with Crippen LogP contribution in [0.15, 0.2) is 170 Å². The first-order valence-electron chi connectivity index (χ1n) is 17.7. The third kappa shape index (κ3) is 3.88.